The molecule has 0 atom stereocenters. The van der Waals surface area contributed by atoms with Crippen molar-refractivity contribution in [3.05, 3.63) is 28.2 Å². The van der Waals surface area contributed by atoms with Crippen LogP contribution in [0.15, 0.2) is 22.7 Å². The van der Waals surface area contributed by atoms with Crippen LogP contribution in [0.4, 0.5) is 0 Å². The largest absolute Gasteiger partial charge is 0.508 e. The Balaban J connectivity index is 2.81. The van der Waals surface area contributed by atoms with Gasteiger partial charge in [-0.1, -0.05) is 21.9 Å². The summed E-state index contributed by atoms with van der Waals surface area (Å²) in [5, 5.41) is 18.4. The summed E-state index contributed by atoms with van der Waals surface area (Å²) < 4.78 is 0.821. The molecule has 17 heavy (non-hydrogen) atoms. The third-order valence-corrected chi connectivity index (χ3v) is 2.60. The minimum atomic E-state index is -0.949. The van der Waals surface area contributed by atoms with E-state index in [9.17, 15) is 9.90 Å². The third kappa shape index (κ3) is 4.47. The van der Waals surface area contributed by atoms with Gasteiger partial charge in [0.25, 0.3) is 0 Å². The van der Waals surface area contributed by atoms with Crippen molar-refractivity contribution in [2.45, 2.75) is 6.54 Å². The Hall–Kier alpha value is -1.51. The molecule has 0 radical (unpaired) electrons. The smallest absolute Gasteiger partial charge is 0.317 e. The van der Waals surface area contributed by atoms with Gasteiger partial charge < -0.3 is 10.2 Å². The lowest BCUT2D eigenvalue weighted by molar-refractivity contribution is -0.138. The average molecular weight is 298 g/mol. The van der Waals surface area contributed by atoms with Crippen LogP contribution in [0.25, 0.3) is 0 Å². The molecule has 1 aromatic rings. The highest BCUT2D eigenvalue weighted by molar-refractivity contribution is 9.10. The molecule has 1 aromatic carbocycles. The second-order valence-corrected chi connectivity index (χ2v) is 4.43. The number of benzene rings is 1. The van der Waals surface area contributed by atoms with Crippen molar-refractivity contribution < 1.29 is 15.0 Å². The van der Waals surface area contributed by atoms with Crippen LogP contribution in [0.1, 0.15) is 5.56 Å². The van der Waals surface area contributed by atoms with Crippen molar-refractivity contribution in [1.82, 2.24) is 4.90 Å². The molecule has 2 N–H and O–H groups in total. The second-order valence-electron chi connectivity index (χ2n) is 3.52. The van der Waals surface area contributed by atoms with E-state index in [1.165, 1.54) is 0 Å². The highest BCUT2D eigenvalue weighted by atomic mass is 79.9. The fourth-order valence-corrected chi connectivity index (χ4v) is 1.82. The molecule has 0 spiro atoms. The van der Waals surface area contributed by atoms with Crippen molar-refractivity contribution in [3.63, 3.8) is 0 Å². The maximum atomic E-state index is 10.6. The molecular weight excluding hydrogens is 286 g/mol. The molecule has 4 nitrogen and oxygen atoms in total. The topological polar surface area (TPSA) is 60.8 Å². The molecule has 0 saturated carbocycles. The monoisotopic (exact) mass is 297 g/mol. The molecule has 0 heterocycles. The number of hydrogen-bond donors (Lipinski definition) is 2. The molecule has 0 aliphatic rings. The zero-order chi connectivity index (χ0) is 12.8. The molecule has 0 unspecified atom stereocenters. The first-order chi connectivity index (χ1) is 8.02. The van der Waals surface area contributed by atoms with Crippen LogP contribution in [0, 0.1) is 12.3 Å². The number of phenols is 1. The quantitative estimate of drug-likeness (QED) is 0.812. The summed E-state index contributed by atoms with van der Waals surface area (Å²) in [5.74, 6) is 1.57. The van der Waals surface area contributed by atoms with Crippen molar-refractivity contribution in [2.75, 3.05) is 13.1 Å². The molecular formula is C12H12BrNO3. The first-order valence-corrected chi connectivity index (χ1v) is 5.67. The third-order valence-electron chi connectivity index (χ3n) is 2.11. The Morgan fingerprint density at radius 2 is 2.24 bits per heavy atom. The predicted octanol–water partition coefficient (Wildman–Crippen LogP) is 1.67. The zero-order valence-electron chi connectivity index (χ0n) is 9.06. The van der Waals surface area contributed by atoms with E-state index in [2.05, 4.69) is 21.9 Å². The van der Waals surface area contributed by atoms with E-state index in [1.807, 2.05) is 0 Å². The number of rotatable bonds is 5. The average Bonchev–Trinajstić information content (AvgIpc) is 2.23. The summed E-state index contributed by atoms with van der Waals surface area (Å²) in [6.07, 6.45) is 5.17. The lowest BCUT2D eigenvalue weighted by atomic mass is 10.2. The number of aliphatic carboxylic acids is 1. The van der Waals surface area contributed by atoms with E-state index >= 15 is 0 Å². The Bertz CT molecular complexity index is 454. The summed E-state index contributed by atoms with van der Waals surface area (Å²) in [5.41, 5.74) is 0.635. The summed E-state index contributed by atoms with van der Waals surface area (Å²) in [7, 11) is 0. The van der Waals surface area contributed by atoms with E-state index in [1.54, 1.807) is 23.1 Å². The van der Waals surface area contributed by atoms with Crippen molar-refractivity contribution >= 4 is 21.9 Å². The van der Waals surface area contributed by atoms with Gasteiger partial charge in [-0.25, -0.2) is 0 Å². The lowest BCUT2D eigenvalue weighted by Gasteiger charge is -2.18. The summed E-state index contributed by atoms with van der Waals surface area (Å²) >= 11 is 3.29. The Labute approximate surface area is 108 Å². The van der Waals surface area contributed by atoms with Crippen LogP contribution in [0.2, 0.25) is 0 Å². The van der Waals surface area contributed by atoms with Gasteiger partial charge in [0.05, 0.1) is 13.1 Å². The summed E-state index contributed by atoms with van der Waals surface area (Å²) in [6, 6.07) is 5.00. The van der Waals surface area contributed by atoms with E-state index in [4.69, 9.17) is 11.5 Å². The Morgan fingerprint density at radius 1 is 1.53 bits per heavy atom. The van der Waals surface area contributed by atoms with E-state index in [0.29, 0.717) is 12.1 Å². The van der Waals surface area contributed by atoms with Crippen molar-refractivity contribution in [3.8, 4) is 18.1 Å². The van der Waals surface area contributed by atoms with E-state index < -0.39 is 5.97 Å². The number of carbonyl (C=O) groups is 1. The number of carboxylic acid groups (broad SMARTS) is 1. The Kier molecular flexibility index (Phi) is 5.01. The van der Waals surface area contributed by atoms with E-state index in [-0.39, 0.29) is 18.8 Å². The summed E-state index contributed by atoms with van der Waals surface area (Å²) in [4.78, 5) is 12.2. The Morgan fingerprint density at radius 3 is 2.82 bits per heavy atom. The fraction of sp³-hybridized carbons (Fsp3) is 0.250. The first kappa shape index (κ1) is 13.6. The molecule has 0 fully saturated rings. The van der Waals surface area contributed by atoms with Crippen LogP contribution in [0.3, 0.4) is 0 Å². The van der Waals surface area contributed by atoms with Crippen LogP contribution in [-0.2, 0) is 11.3 Å². The molecule has 1 rings (SSSR count). The minimum Gasteiger partial charge on any atom is -0.508 e. The van der Waals surface area contributed by atoms with Gasteiger partial charge in [0.2, 0.25) is 0 Å². The highest BCUT2D eigenvalue weighted by Crippen LogP contribution is 2.23. The number of aromatic hydroxyl groups is 1. The van der Waals surface area contributed by atoms with Gasteiger partial charge in [-0.2, -0.15) is 0 Å². The molecule has 0 aromatic heterocycles. The van der Waals surface area contributed by atoms with Crippen molar-refractivity contribution in [1.29, 1.82) is 0 Å². The standard InChI is InChI=1S/C12H12BrNO3/c1-2-5-14(8-12(16)17)7-9-6-10(13)3-4-11(9)15/h1,3-4,6,15H,5,7-8H2,(H,16,17). The van der Waals surface area contributed by atoms with Crippen LogP contribution in [-0.4, -0.2) is 34.2 Å². The molecule has 0 bridgehead atoms. The van der Waals surface area contributed by atoms with Gasteiger partial charge >= 0.3 is 5.97 Å². The molecule has 0 saturated heterocycles. The first-order valence-electron chi connectivity index (χ1n) is 4.88. The number of nitrogens with zero attached hydrogens (tertiary/aromatic N) is 1. The van der Waals surface area contributed by atoms with Gasteiger partial charge in [-0.15, -0.1) is 6.42 Å². The van der Waals surface area contributed by atoms with Gasteiger partial charge in [-0.05, 0) is 18.2 Å². The maximum absolute atomic E-state index is 10.6. The van der Waals surface area contributed by atoms with Crippen LogP contribution < -0.4 is 0 Å². The van der Waals surface area contributed by atoms with Gasteiger partial charge in [-0.3, -0.25) is 9.69 Å². The molecule has 90 valence electrons. The normalized spacial score (nSPS) is 10.2. The highest BCUT2D eigenvalue weighted by Gasteiger charge is 2.11. The SMILES string of the molecule is C#CCN(CC(=O)O)Cc1cc(Br)ccc1O. The molecule has 0 aliphatic heterocycles. The number of hydrogen-bond acceptors (Lipinski definition) is 3. The number of phenolic OH excluding ortho intramolecular Hbond substituents is 1. The number of carboxylic acids is 1. The fourth-order valence-electron chi connectivity index (χ4n) is 1.41. The van der Waals surface area contributed by atoms with Crippen LogP contribution in [0.5, 0.6) is 5.75 Å². The minimum absolute atomic E-state index is 0.126. The summed E-state index contributed by atoms with van der Waals surface area (Å²) in [6.45, 7) is 0.357. The molecule has 0 aliphatic carbocycles. The van der Waals surface area contributed by atoms with Gasteiger partial charge in [0, 0.05) is 16.6 Å². The predicted molar refractivity (Wildman–Crippen MR) is 67.6 cm³/mol. The van der Waals surface area contributed by atoms with E-state index in [0.717, 1.165) is 4.47 Å². The number of terminal acetylenes is 1. The van der Waals surface area contributed by atoms with Gasteiger partial charge in [0.1, 0.15) is 5.75 Å². The van der Waals surface area contributed by atoms with Crippen molar-refractivity contribution in [2.24, 2.45) is 0 Å². The maximum Gasteiger partial charge on any atom is 0.317 e. The zero-order valence-corrected chi connectivity index (χ0v) is 10.6. The number of halogens is 1. The van der Waals surface area contributed by atoms with Crippen LogP contribution >= 0.6 is 15.9 Å². The molecule has 5 heteroatoms. The lowest BCUT2D eigenvalue weighted by Crippen LogP contribution is -2.29. The second kappa shape index (κ2) is 6.28. The van der Waals surface area contributed by atoms with Gasteiger partial charge in [0.15, 0.2) is 0 Å². The molecule has 0 amide bonds.